The van der Waals surface area contributed by atoms with Crippen molar-refractivity contribution in [2.75, 3.05) is 12.9 Å². The van der Waals surface area contributed by atoms with Gasteiger partial charge in [0.25, 0.3) is 0 Å². The maximum Gasteiger partial charge on any atom is 0.173 e. The second-order valence-corrected chi connectivity index (χ2v) is 10.7. The van der Waals surface area contributed by atoms with Crippen molar-refractivity contribution >= 4 is 17.5 Å². The van der Waals surface area contributed by atoms with Crippen LogP contribution in [-0.4, -0.2) is 23.6 Å². The van der Waals surface area contributed by atoms with Gasteiger partial charge in [-0.15, -0.1) is 0 Å². The molecule has 0 saturated carbocycles. The van der Waals surface area contributed by atoms with Crippen molar-refractivity contribution in [3.8, 4) is 16.9 Å². The van der Waals surface area contributed by atoms with Gasteiger partial charge in [-0.2, -0.15) is 0 Å². The number of methoxy groups -OCH3 is 1. The lowest BCUT2D eigenvalue weighted by atomic mass is 9.71. The largest absolute Gasteiger partial charge is 0.497 e. The summed E-state index contributed by atoms with van der Waals surface area (Å²) in [5, 5.41) is 0.851. The topological polar surface area (TPSA) is 39.2 Å². The maximum atomic E-state index is 13.2. The summed E-state index contributed by atoms with van der Waals surface area (Å²) in [7, 11) is 1.67. The molecule has 0 bridgehead atoms. The number of aromatic nitrogens is 1. The Morgan fingerprint density at radius 3 is 2.45 bits per heavy atom. The highest BCUT2D eigenvalue weighted by Gasteiger charge is 2.31. The van der Waals surface area contributed by atoms with E-state index in [0.29, 0.717) is 11.5 Å². The SMILES string of the molecule is COc1ccc(-c2cc(SCC(=O)c3ccc(F)cc3)nc3c2CC[C@@H](C(C)(C)C)C3)cc1. The van der Waals surface area contributed by atoms with Crippen molar-refractivity contribution in [3.63, 3.8) is 0 Å². The number of halogens is 1. The molecule has 2 aromatic carbocycles. The van der Waals surface area contributed by atoms with E-state index in [0.717, 1.165) is 41.3 Å². The summed E-state index contributed by atoms with van der Waals surface area (Å²) in [5.41, 5.74) is 5.52. The molecule has 1 aromatic heterocycles. The number of Topliss-reactive ketones (excluding diaryl/α,β-unsaturated/α-hetero) is 1. The Kier molecular flexibility index (Phi) is 6.89. The fourth-order valence-corrected chi connectivity index (χ4v) is 5.22. The average Bonchev–Trinajstić information content (AvgIpc) is 2.81. The molecule has 0 unspecified atom stereocenters. The second-order valence-electron chi connectivity index (χ2n) is 9.69. The van der Waals surface area contributed by atoms with Gasteiger partial charge in [0, 0.05) is 11.3 Å². The van der Waals surface area contributed by atoms with E-state index in [1.165, 1.54) is 47.2 Å². The minimum atomic E-state index is -0.340. The van der Waals surface area contributed by atoms with E-state index in [9.17, 15) is 9.18 Å². The number of pyridine rings is 1. The Balaban J connectivity index is 1.65. The Hall–Kier alpha value is -2.66. The highest BCUT2D eigenvalue weighted by Crippen LogP contribution is 2.41. The highest BCUT2D eigenvalue weighted by molar-refractivity contribution is 7.99. The smallest absolute Gasteiger partial charge is 0.173 e. The fourth-order valence-electron chi connectivity index (χ4n) is 4.40. The summed E-state index contributed by atoms with van der Waals surface area (Å²) in [4.78, 5) is 17.6. The number of rotatable bonds is 6. The lowest BCUT2D eigenvalue weighted by Crippen LogP contribution is -2.28. The third kappa shape index (κ3) is 5.47. The quantitative estimate of drug-likeness (QED) is 0.291. The molecule has 3 aromatic rings. The molecule has 0 aliphatic heterocycles. The molecule has 1 aliphatic rings. The van der Waals surface area contributed by atoms with Crippen LogP contribution in [0.2, 0.25) is 0 Å². The van der Waals surface area contributed by atoms with Crippen molar-refractivity contribution in [1.29, 1.82) is 0 Å². The first-order valence-corrected chi connectivity index (χ1v) is 12.3. The van der Waals surface area contributed by atoms with Crippen LogP contribution in [0, 0.1) is 17.2 Å². The van der Waals surface area contributed by atoms with Crippen LogP contribution in [-0.2, 0) is 12.8 Å². The molecule has 0 amide bonds. The van der Waals surface area contributed by atoms with Gasteiger partial charge in [0.1, 0.15) is 11.6 Å². The zero-order chi connectivity index (χ0) is 23.6. The zero-order valence-electron chi connectivity index (χ0n) is 19.7. The van der Waals surface area contributed by atoms with Crippen molar-refractivity contribution in [2.45, 2.75) is 45.1 Å². The van der Waals surface area contributed by atoms with E-state index in [1.807, 2.05) is 12.1 Å². The van der Waals surface area contributed by atoms with Gasteiger partial charge >= 0.3 is 0 Å². The first-order chi connectivity index (χ1) is 15.7. The van der Waals surface area contributed by atoms with Crippen molar-refractivity contribution in [1.82, 2.24) is 4.98 Å². The van der Waals surface area contributed by atoms with Crippen molar-refractivity contribution in [3.05, 3.63) is 77.2 Å². The van der Waals surface area contributed by atoms with Gasteiger partial charge in [0.15, 0.2) is 5.78 Å². The van der Waals surface area contributed by atoms with E-state index in [4.69, 9.17) is 9.72 Å². The number of fused-ring (bicyclic) bond motifs is 1. The van der Waals surface area contributed by atoms with E-state index >= 15 is 0 Å². The lowest BCUT2D eigenvalue weighted by molar-refractivity contribution is 0.102. The van der Waals surface area contributed by atoms with Crippen LogP contribution < -0.4 is 4.74 Å². The highest BCUT2D eigenvalue weighted by atomic mass is 32.2. The molecular formula is C28H30FNO2S. The third-order valence-electron chi connectivity index (χ3n) is 6.51. The number of hydrogen-bond acceptors (Lipinski definition) is 4. The molecule has 1 atom stereocenters. The Bertz CT molecular complexity index is 1130. The van der Waals surface area contributed by atoms with E-state index in [1.54, 1.807) is 7.11 Å². The standard InChI is InChI=1S/C28H30FNO2S/c1-28(2,3)20-9-14-23-24(18-7-12-22(32-4)13-8-18)16-27(30-25(23)15-20)33-17-26(31)19-5-10-21(29)11-6-19/h5-8,10-13,16,20H,9,14-15,17H2,1-4H3/t20-/m1/s1. The van der Waals surface area contributed by atoms with Crippen LogP contribution in [0.15, 0.2) is 59.6 Å². The molecule has 33 heavy (non-hydrogen) atoms. The molecule has 0 radical (unpaired) electrons. The normalized spacial score (nSPS) is 15.7. The Morgan fingerprint density at radius 2 is 1.82 bits per heavy atom. The number of carbonyl (C=O) groups excluding carboxylic acids is 1. The number of hydrogen-bond donors (Lipinski definition) is 0. The van der Waals surface area contributed by atoms with Crippen LogP contribution in [0.3, 0.4) is 0 Å². The summed E-state index contributed by atoms with van der Waals surface area (Å²) < 4.78 is 18.5. The fraction of sp³-hybridized carbons (Fsp3) is 0.357. The zero-order valence-corrected chi connectivity index (χ0v) is 20.5. The predicted octanol–water partition coefficient (Wildman–Crippen LogP) is 7.02. The molecule has 0 spiro atoms. The van der Waals surface area contributed by atoms with E-state index < -0.39 is 0 Å². The number of ketones is 1. The van der Waals surface area contributed by atoms with E-state index in [-0.39, 0.29) is 22.8 Å². The first kappa shape index (κ1) is 23.5. The summed E-state index contributed by atoms with van der Waals surface area (Å²) in [6.07, 6.45) is 3.10. The van der Waals surface area contributed by atoms with Gasteiger partial charge in [0.05, 0.1) is 17.9 Å². The molecule has 5 heteroatoms. The molecular weight excluding hydrogens is 433 g/mol. The lowest BCUT2D eigenvalue weighted by Gasteiger charge is -2.35. The van der Waals surface area contributed by atoms with Crippen LogP contribution in [0.1, 0.15) is 48.8 Å². The predicted molar refractivity (Wildman–Crippen MR) is 133 cm³/mol. The molecule has 1 heterocycles. The maximum absolute atomic E-state index is 13.2. The van der Waals surface area contributed by atoms with Gasteiger partial charge < -0.3 is 4.74 Å². The summed E-state index contributed by atoms with van der Waals surface area (Å²) >= 11 is 1.45. The van der Waals surface area contributed by atoms with Crippen LogP contribution in [0.5, 0.6) is 5.75 Å². The minimum absolute atomic E-state index is 0.0295. The molecule has 0 N–H and O–H groups in total. The van der Waals surface area contributed by atoms with Crippen LogP contribution in [0.4, 0.5) is 4.39 Å². The van der Waals surface area contributed by atoms with Crippen LogP contribution in [0.25, 0.3) is 11.1 Å². The van der Waals surface area contributed by atoms with E-state index in [2.05, 4.69) is 39.0 Å². The molecule has 0 fully saturated rings. The number of carbonyl (C=O) groups is 1. The molecule has 172 valence electrons. The van der Waals surface area contributed by atoms with Crippen LogP contribution >= 0.6 is 11.8 Å². The third-order valence-corrected chi connectivity index (χ3v) is 7.42. The Labute approximate surface area is 199 Å². The van der Waals surface area contributed by atoms with Crippen molar-refractivity contribution in [2.24, 2.45) is 11.3 Å². The molecule has 0 saturated heterocycles. The average molecular weight is 464 g/mol. The number of ether oxygens (including phenoxy) is 1. The van der Waals surface area contributed by atoms with Gasteiger partial charge in [-0.05, 0) is 89.8 Å². The Morgan fingerprint density at radius 1 is 1.12 bits per heavy atom. The molecule has 1 aliphatic carbocycles. The second kappa shape index (κ2) is 9.68. The minimum Gasteiger partial charge on any atom is -0.497 e. The van der Waals surface area contributed by atoms with Gasteiger partial charge in [0.2, 0.25) is 0 Å². The molecule has 3 nitrogen and oxygen atoms in total. The summed E-state index contributed by atoms with van der Waals surface area (Å²) in [6, 6.07) is 16.0. The van der Waals surface area contributed by atoms with Gasteiger partial charge in [-0.1, -0.05) is 44.7 Å². The van der Waals surface area contributed by atoms with Crippen molar-refractivity contribution < 1.29 is 13.9 Å². The number of benzene rings is 2. The summed E-state index contributed by atoms with van der Waals surface area (Å²) in [6.45, 7) is 6.90. The van der Waals surface area contributed by atoms with Gasteiger partial charge in [-0.3, -0.25) is 4.79 Å². The first-order valence-electron chi connectivity index (χ1n) is 11.3. The number of nitrogens with zero attached hydrogens (tertiary/aromatic N) is 1. The molecule has 4 rings (SSSR count). The summed E-state index contributed by atoms with van der Waals surface area (Å²) in [5.74, 6) is 1.30. The van der Waals surface area contributed by atoms with Gasteiger partial charge in [-0.25, -0.2) is 9.37 Å². The number of thioether (sulfide) groups is 1. The monoisotopic (exact) mass is 463 g/mol.